The van der Waals surface area contributed by atoms with E-state index in [9.17, 15) is 9.59 Å². The summed E-state index contributed by atoms with van der Waals surface area (Å²) in [6.07, 6.45) is 2.73. The summed E-state index contributed by atoms with van der Waals surface area (Å²) in [5.41, 5.74) is 31.9. The Morgan fingerprint density at radius 1 is 0.667 bits per heavy atom. The summed E-state index contributed by atoms with van der Waals surface area (Å²) in [5.74, 6) is 0.327. The molecule has 0 heterocycles. The van der Waals surface area contributed by atoms with Gasteiger partial charge in [0.25, 0.3) is 0 Å². The SMILES string of the molecule is C.C.CC(C)C(=O)[C@@H](N)CCCN=C(N)N.CC(C)C(=O)[C@H](N)CCCN=C(N)N. The predicted molar refractivity (Wildman–Crippen MR) is 129 cm³/mol. The van der Waals surface area contributed by atoms with Crippen molar-refractivity contribution in [1.29, 1.82) is 0 Å². The molecule has 0 radical (unpaired) electrons. The van der Waals surface area contributed by atoms with E-state index in [1.54, 1.807) is 0 Å². The number of carbonyl (C=O) groups excluding carboxylic acids is 2. The average molecular weight is 433 g/mol. The molecule has 0 aliphatic heterocycles. The Morgan fingerprint density at radius 2 is 0.933 bits per heavy atom. The van der Waals surface area contributed by atoms with Gasteiger partial charge in [-0.3, -0.25) is 19.6 Å². The fourth-order valence-corrected chi connectivity index (χ4v) is 2.18. The summed E-state index contributed by atoms with van der Waals surface area (Å²) >= 11 is 0. The van der Waals surface area contributed by atoms with Crippen LogP contribution in [-0.2, 0) is 9.59 Å². The fourth-order valence-electron chi connectivity index (χ4n) is 2.18. The number of hydrogen-bond donors (Lipinski definition) is 6. The van der Waals surface area contributed by atoms with Gasteiger partial charge in [-0.15, -0.1) is 0 Å². The molecule has 10 nitrogen and oxygen atoms in total. The molecule has 0 aromatic carbocycles. The molecule has 0 unspecified atom stereocenters. The highest BCUT2D eigenvalue weighted by molar-refractivity contribution is 5.85. The van der Waals surface area contributed by atoms with E-state index in [0.29, 0.717) is 25.9 Å². The molecule has 0 amide bonds. The molecule has 0 aliphatic carbocycles. The summed E-state index contributed by atoms with van der Waals surface area (Å²) in [6.45, 7) is 8.44. The molecule has 0 saturated heterocycles. The number of nitrogens with two attached hydrogens (primary N) is 6. The first-order valence-corrected chi connectivity index (χ1v) is 9.59. The van der Waals surface area contributed by atoms with Gasteiger partial charge in [0.15, 0.2) is 23.5 Å². The summed E-state index contributed by atoms with van der Waals surface area (Å²) in [5, 5.41) is 0. The molecule has 10 heteroatoms. The van der Waals surface area contributed by atoms with Crippen LogP contribution in [0, 0.1) is 11.8 Å². The number of guanidine groups is 2. The lowest BCUT2D eigenvalue weighted by Crippen LogP contribution is -2.33. The van der Waals surface area contributed by atoms with Crippen molar-refractivity contribution in [1.82, 2.24) is 0 Å². The Hall–Kier alpha value is -2.20. The van der Waals surface area contributed by atoms with Gasteiger partial charge in [0.1, 0.15) is 0 Å². The molecule has 0 aromatic heterocycles. The van der Waals surface area contributed by atoms with Crippen molar-refractivity contribution in [2.24, 2.45) is 56.2 Å². The van der Waals surface area contributed by atoms with Gasteiger partial charge in [-0.05, 0) is 25.7 Å². The number of hydrogen-bond acceptors (Lipinski definition) is 6. The van der Waals surface area contributed by atoms with Crippen LogP contribution < -0.4 is 34.4 Å². The smallest absolute Gasteiger partial charge is 0.185 e. The van der Waals surface area contributed by atoms with Crippen LogP contribution in [-0.4, -0.2) is 48.7 Å². The molecule has 30 heavy (non-hydrogen) atoms. The number of carbonyl (C=O) groups is 2. The maximum Gasteiger partial charge on any atom is 0.185 e. The third-order valence-corrected chi connectivity index (χ3v) is 3.80. The van der Waals surface area contributed by atoms with Crippen LogP contribution in [0.15, 0.2) is 9.98 Å². The van der Waals surface area contributed by atoms with Gasteiger partial charge < -0.3 is 34.4 Å². The van der Waals surface area contributed by atoms with Crippen molar-refractivity contribution in [2.75, 3.05) is 13.1 Å². The lowest BCUT2D eigenvalue weighted by Gasteiger charge is -2.11. The highest BCUT2D eigenvalue weighted by Crippen LogP contribution is 2.04. The van der Waals surface area contributed by atoms with Crippen molar-refractivity contribution in [3.63, 3.8) is 0 Å². The van der Waals surface area contributed by atoms with Crippen LogP contribution >= 0.6 is 0 Å². The number of aliphatic imine (C=N–C) groups is 2. The first-order chi connectivity index (χ1) is 12.9. The minimum atomic E-state index is -0.385. The minimum absolute atomic E-state index is 0. The molecule has 180 valence electrons. The molecular formula is C20H48N8O2. The molecule has 0 bridgehead atoms. The second-order valence-electron chi connectivity index (χ2n) is 7.22. The van der Waals surface area contributed by atoms with Gasteiger partial charge in [0.2, 0.25) is 0 Å². The fraction of sp³-hybridized carbons (Fsp3) is 0.800. The number of rotatable bonds is 12. The highest BCUT2D eigenvalue weighted by atomic mass is 16.1. The van der Waals surface area contributed by atoms with E-state index in [1.165, 1.54) is 0 Å². The Bertz CT molecular complexity index is 465. The van der Waals surface area contributed by atoms with Gasteiger partial charge >= 0.3 is 0 Å². The molecule has 12 N–H and O–H groups in total. The van der Waals surface area contributed by atoms with Gasteiger partial charge in [0, 0.05) is 24.9 Å². The third kappa shape index (κ3) is 20.5. The van der Waals surface area contributed by atoms with Gasteiger partial charge in [-0.2, -0.15) is 0 Å². The second kappa shape index (κ2) is 20.1. The first kappa shape index (κ1) is 35.3. The van der Waals surface area contributed by atoms with E-state index < -0.39 is 0 Å². The maximum atomic E-state index is 11.4. The van der Waals surface area contributed by atoms with Crippen LogP contribution in [0.1, 0.15) is 68.2 Å². The van der Waals surface area contributed by atoms with E-state index >= 15 is 0 Å². The van der Waals surface area contributed by atoms with Crippen LogP contribution in [0.3, 0.4) is 0 Å². The van der Waals surface area contributed by atoms with E-state index in [-0.39, 0.29) is 62.3 Å². The Labute approximate surface area is 183 Å². The van der Waals surface area contributed by atoms with Crippen molar-refractivity contribution in [3.8, 4) is 0 Å². The minimum Gasteiger partial charge on any atom is -0.370 e. The van der Waals surface area contributed by atoms with Gasteiger partial charge in [-0.25, -0.2) is 0 Å². The summed E-state index contributed by atoms with van der Waals surface area (Å²) in [6, 6.07) is -0.770. The number of nitrogens with zero attached hydrogens (tertiary/aromatic N) is 2. The zero-order valence-electron chi connectivity index (χ0n) is 17.7. The summed E-state index contributed by atoms with van der Waals surface area (Å²) in [7, 11) is 0. The zero-order valence-corrected chi connectivity index (χ0v) is 17.7. The largest absolute Gasteiger partial charge is 0.370 e. The van der Waals surface area contributed by atoms with Crippen molar-refractivity contribution in [3.05, 3.63) is 0 Å². The molecule has 0 aromatic rings. The number of ketones is 2. The third-order valence-electron chi connectivity index (χ3n) is 3.80. The highest BCUT2D eigenvalue weighted by Gasteiger charge is 2.16. The standard InChI is InChI=1S/2C9H20N4O.2CH4/c2*1-6(2)8(14)7(10)4-3-5-13-9(11)12;;/h2*6-7H,3-5,10H2,1-2H3,(H4,11,12,13);2*1H4/t2*7-;;/m10../s1. The predicted octanol–water partition coefficient (Wildman–Crippen LogP) is 0.457. The van der Waals surface area contributed by atoms with E-state index in [2.05, 4.69) is 9.98 Å². The molecule has 0 spiro atoms. The van der Waals surface area contributed by atoms with Gasteiger partial charge in [0.05, 0.1) is 12.1 Å². The van der Waals surface area contributed by atoms with Crippen molar-refractivity contribution >= 4 is 23.5 Å². The molecule has 0 rings (SSSR count). The molecule has 0 saturated carbocycles. The zero-order chi connectivity index (χ0) is 22.3. The normalized spacial score (nSPS) is 11.7. The maximum absolute atomic E-state index is 11.4. The summed E-state index contributed by atoms with van der Waals surface area (Å²) in [4.78, 5) is 30.3. The number of Topliss-reactive ketones (excluding diaryl/α,β-unsaturated/α-hetero) is 2. The molecule has 0 aliphatic rings. The van der Waals surface area contributed by atoms with Gasteiger partial charge in [-0.1, -0.05) is 42.5 Å². The van der Waals surface area contributed by atoms with E-state index in [1.807, 2.05) is 27.7 Å². The Balaban J connectivity index is -0.000000211. The molecule has 0 fully saturated rings. The lowest BCUT2D eigenvalue weighted by atomic mass is 9.99. The first-order valence-electron chi connectivity index (χ1n) is 9.59. The van der Waals surface area contributed by atoms with Crippen LogP contribution in [0.25, 0.3) is 0 Å². The van der Waals surface area contributed by atoms with Crippen LogP contribution in [0.5, 0.6) is 0 Å². The average Bonchev–Trinajstić information content (AvgIpc) is 2.60. The monoisotopic (exact) mass is 432 g/mol. The van der Waals surface area contributed by atoms with Crippen molar-refractivity contribution < 1.29 is 9.59 Å². The Kier molecular flexibility index (Phi) is 23.6. The van der Waals surface area contributed by atoms with E-state index in [4.69, 9.17) is 34.4 Å². The van der Waals surface area contributed by atoms with E-state index in [0.717, 1.165) is 12.8 Å². The quantitative estimate of drug-likeness (QED) is 0.144. The topological polar surface area (TPSA) is 215 Å². The molecule has 2 atom stereocenters. The lowest BCUT2D eigenvalue weighted by molar-refractivity contribution is -0.124. The molecular weight excluding hydrogens is 384 g/mol. The second-order valence-corrected chi connectivity index (χ2v) is 7.22. The van der Waals surface area contributed by atoms with Crippen molar-refractivity contribution in [2.45, 2.75) is 80.3 Å². The summed E-state index contributed by atoms with van der Waals surface area (Å²) < 4.78 is 0. The van der Waals surface area contributed by atoms with Crippen LogP contribution in [0.2, 0.25) is 0 Å². The van der Waals surface area contributed by atoms with Crippen LogP contribution in [0.4, 0.5) is 0 Å². The Morgan fingerprint density at radius 3 is 1.13 bits per heavy atom.